The maximum absolute atomic E-state index is 11.5. The van der Waals surface area contributed by atoms with Crippen LogP contribution >= 0.6 is 12.6 Å². The van der Waals surface area contributed by atoms with Gasteiger partial charge in [0.1, 0.15) is 0 Å². The summed E-state index contributed by atoms with van der Waals surface area (Å²) in [5, 5.41) is 10.6. The van der Waals surface area contributed by atoms with Gasteiger partial charge in [0.05, 0.1) is 11.1 Å². The first-order valence-corrected chi connectivity index (χ1v) is 6.13. The standard InChI is InChI=1S/C11H16N2O3S/c1-9(5-7-17)4-6-12-8-10(13(15)16)2-3-11(12)14/h2-3,8-9,17H,4-7H2,1H3. The molecule has 1 aromatic rings. The summed E-state index contributed by atoms with van der Waals surface area (Å²) in [4.78, 5) is 21.6. The molecule has 0 N–H and O–H groups in total. The topological polar surface area (TPSA) is 65.1 Å². The summed E-state index contributed by atoms with van der Waals surface area (Å²) in [6, 6.07) is 2.47. The van der Waals surface area contributed by atoms with Crippen molar-refractivity contribution in [2.24, 2.45) is 5.92 Å². The lowest BCUT2D eigenvalue weighted by molar-refractivity contribution is -0.385. The normalized spacial score (nSPS) is 12.4. The summed E-state index contributed by atoms with van der Waals surface area (Å²) in [5.41, 5.74) is -0.250. The smallest absolute Gasteiger partial charge is 0.285 e. The van der Waals surface area contributed by atoms with Gasteiger partial charge in [0.15, 0.2) is 0 Å². The average molecular weight is 256 g/mol. The van der Waals surface area contributed by atoms with Gasteiger partial charge in [-0.05, 0) is 24.5 Å². The lowest BCUT2D eigenvalue weighted by Crippen LogP contribution is -2.20. The molecule has 0 saturated heterocycles. The van der Waals surface area contributed by atoms with Gasteiger partial charge in [-0.3, -0.25) is 14.9 Å². The highest BCUT2D eigenvalue weighted by atomic mass is 32.1. The van der Waals surface area contributed by atoms with E-state index in [0.717, 1.165) is 18.6 Å². The highest BCUT2D eigenvalue weighted by Gasteiger charge is 2.08. The summed E-state index contributed by atoms with van der Waals surface area (Å²) in [5.74, 6) is 1.27. The highest BCUT2D eigenvalue weighted by molar-refractivity contribution is 7.80. The summed E-state index contributed by atoms with van der Waals surface area (Å²) in [6.45, 7) is 2.59. The van der Waals surface area contributed by atoms with E-state index < -0.39 is 4.92 Å². The van der Waals surface area contributed by atoms with Crippen LogP contribution in [0.1, 0.15) is 19.8 Å². The fourth-order valence-electron chi connectivity index (χ4n) is 1.53. The molecule has 17 heavy (non-hydrogen) atoms. The van der Waals surface area contributed by atoms with Crippen LogP contribution in [0, 0.1) is 16.0 Å². The molecule has 1 heterocycles. The summed E-state index contributed by atoms with van der Waals surface area (Å²) in [6.07, 6.45) is 3.10. The zero-order valence-electron chi connectivity index (χ0n) is 9.70. The van der Waals surface area contributed by atoms with Crippen molar-refractivity contribution >= 4 is 18.3 Å². The molecule has 0 aliphatic rings. The Hall–Kier alpha value is -1.30. The fraction of sp³-hybridized carbons (Fsp3) is 0.545. The van der Waals surface area contributed by atoms with E-state index in [0.29, 0.717) is 12.5 Å². The van der Waals surface area contributed by atoms with Crippen LogP contribution in [0.5, 0.6) is 0 Å². The number of hydrogen-bond donors (Lipinski definition) is 1. The van der Waals surface area contributed by atoms with E-state index in [9.17, 15) is 14.9 Å². The minimum Gasteiger partial charge on any atom is -0.309 e. The number of aromatic nitrogens is 1. The predicted molar refractivity (Wildman–Crippen MR) is 69.6 cm³/mol. The van der Waals surface area contributed by atoms with Crippen LogP contribution in [-0.2, 0) is 6.54 Å². The molecule has 0 spiro atoms. The van der Waals surface area contributed by atoms with Gasteiger partial charge >= 0.3 is 0 Å². The molecule has 0 amide bonds. The lowest BCUT2D eigenvalue weighted by atomic mass is 10.1. The van der Waals surface area contributed by atoms with E-state index in [1.165, 1.54) is 22.9 Å². The molecular formula is C11H16N2O3S. The van der Waals surface area contributed by atoms with Crippen molar-refractivity contribution in [1.29, 1.82) is 0 Å². The molecule has 0 aromatic carbocycles. The van der Waals surface area contributed by atoms with Gasteiger partial charge < -0.3 is 4.57 Å². The molecule has 1 unspecified atom stereocenters. The van der Waals surface area contributed by atoms with Crippen LogP contribution in [0.15, 0.2) is 23.1 Å². The molecule has 1 atom stereocenters. The van der Waals surface area contributed by atoms with Gasteiger partial charge in [-0.15, -0.1) is 0 Å². The van der Waals surface area contributed by atoms with Crippen molar-refractivity contribution in [1.82, 2.24) is 4.57 Å². The zero-order chi connectivity index (χ0) is 12.8. The van der Waals surface area contributed by atoms with E-state index in [1.54, 1.807) is 0 Å². The van der Waals surface area contributed by atoms with Gasteiger partial charge in [-0.2, -0.15) is 12.6 Å². The monoisotopic (exact) mass is 256 g/mol. The van der Waals surface area contributed by atoms with Crippen LogP contribution in [0.25, 0.3) is 0 Å². The first kappa shape index (κ1) is 13.8. The molecule has 0 aliphatic carbocycles. The van der Waals surface area contributed by atoms with E-state index in [1.807, 2.05) is 0 Å². The van der Waals surface area contributed by atoms with Crippen molar-refractivity contribution in [2.45, 2.75) is 26.3 Å². The summed E-state index contributed by atoms with van der Waals surface area (Å²) in [7, 11) is 0. The second kappa shape index (κ2) is 6.44. The quantitative estimate of drug-likeness (QED) is 0.481. The number of hydrogen-bond acceptors (Lipinski definition) is 4. The van der Waals surface area contributed by atoms with Crippen molar-refractivity contribution in [3.8, 4) is 0 Å². The van der Waals surface area contributed by atoms with Gasteiger partial charge in [0.2, 0.25) is 0 Å². The number of nitrogens with zero attached hydrogens (tertiary/aromatic N) is 2. The van der Waals surface area contributed by atoms with Gasteiger partial charge in [-0.1, -0.05) is 6.92 Å². The largest absolute Gasteiger partial charge is 0.309 e. The Balaban J connectivity index is 2.73. The minimum atomic E-state index is -0.493. The molecule has 1 rings (SSSR count). The Bertz CT molecular complexity index is 445. The Kier molecular flexibility index (Phi) is 5.21. The third-order valence-electron chi connectivity index (χ3n) is 2.66. The molecule has 1 aromatic heterocycles. The van der Waals surface area contributed by atoms with E-state index >= 15 is 0 Å². The SMILES string of the molecule is CC(CCS)CCn1cc([N+](=O)[O-])ccc1=O. The number of nitro groups is 1. The maximum Gasteiger partial charge on any atom is 0.285 e. The predicted octanol–water partition coefficient (Wildman–Crippen LogP) is 2.10. The molecule has 0 radical (unpaired) electrons. The Morgan fingerprint density at radius 2 is 2.18 bits per heavy atom. The van der Waals surface area contributed by atoms with Gasteiger partial charge in [0.25, 0.3) is 11.2 Å². The summed E-state index contributed by atoms with van der Waals surface area (Å²) < 4.78 is 1.40. The first-order valence-electron chi connectivity index (χ1n) is 5.50. The molecule has 94 valence electrons. The third-order valence-corrected chi connectivity index (χ3v) is 2.92. The molecule has 0 aliphatic heterocycles. The van der Waals surface area contributed by atoms with E-state index in [-0.39, 0.29) is 11.2 Å². The van der Waals surface area contributed by atoms with Crippen molar-refractivity contribution in [3.05, 3.63) is 38.8 Å². The molecule has 6 heteroatoms. The van der Waals surface area contributed by atoms with Crippen LogP contribution in [0.3, 0.4) is 0 Å². The summed E-state index contributed by atoms with van der Waals surface area (Å²) >= 11 is 4.15. The first-order chi connectivity index (χ1) is 8.04. The number of thiol groups is 1. The van der Waals surface area contributed by atoms with Crippen LogP contribution in [0.2, 0.25) is 0 Å². The van der Waals surface area contributed by atoms with Crippen LogP contribution in [0.4, 0.5) is 5.69 Å². The Morgan fingerprint density at radius 1 is 1.47 bits per heavy atom. The Morgan fingerprint density at radius 3 is 2.76 bits per heavy atom. The molecule has 0 fully saturated rings. The van der Waals surface area contributed by atoms with Crippen LogP contribution in [-0.4, -0.2) is 15.2 Å². The lowest BCUT2D eigenvalue weighted by Gasteiger charge is -2.10. The van der Waals surface area contributed by atoms with E-state index in [2.05, 4.69) is 19.6 Å². The Labute approximate surface area is 105 Å². The van der Waals surface area contributed by atoms with Gasteiger partial charge in [-0.25, -0.2) is 0 Å². The molecular weight excluding hydrogens is 240 g/mol. The van der Waals surface area contributed by atoms with Crippen molar-refractivity contribution in [3.63, 3.8) is 0 Å². The van der Waals surface area contributed by atoms with E-state index in [4.69, 9.17) is 0 Å². The number of pyridine rings is 1. The molecule has 0 bridgehead atoms. The fourth-order valence-corrected chi connectivity index (χ4v) is 1.97. The number of rotatable bonds is 6. The average Bonchev–Trinajstić information content (AvgIpc) is 2.28. The van der Waals surface area contributed by atoms with Gasteiger partial charge in [0, 0.05) is 18.7 Å². The number of aryl methyl sites for hydroxylation is 1. The molecule has 5 nitrogen and oxygen atoms in total. The second-order valence-corrected chi connectivity index (χ2v) is 4.53. The highest BCUT2D eigenvalue weighted by Crippen LogP contribution is 2.11. The van der Waals surface area contributed by atoms with Crippen molar-refractivity contribution < 1.29 is 4.92 Å². The second-order valence-electron chi connectivity index (χ2n) is 4.08. The molecule has 0 saturated carbocycles. The van der Waals surface area contributed by atoms with Crippen molar-refractivity contribution in [2.75, 3.05) is 5.75 Å². The third kappa shape index (κ3) is 4.22. The maximum atomic E-state index is 11.5. The minimum absolute atomic E-state index is 0.0496. The van der Waals surface area contributed by atoms with Crippen LogP contribution < -0.4 is 5.56 Å². The zero-order valence-corrected chi connectivity index (χ0v) is 10.6.